The number of aryl methyl sites for hydroxylation is 2. The van der Waals surface area contributed by atoms with E-state index >= 15 is 0 Å². The predicted octanol–water partition coefficient (Wildman–Crippen LogP) is 2.66. The number of benzene rings is 1. The molecule has 1 aromatic carbocycles. The van der Waals surface area contributed by atoms with Crippen molar-refractivity contribution in [2.24, 2.45) is 5.73 Å². The molecule has 0 amide bonds. The summed E-state index contributed by atoms with van der Waals surface area (Å²) < 4.78 is 27.9. The van der Waals surface area contributed by atoms with E-state index in [0.29, 0.717) is 23.8 Å². The van der Waals surface area contributed by atoms with Gasteiger partial charge in [0.2, 0.25) is 0 Å². The van der Waals surface area contributed by atoms with Crippen molar-refractivity contribution in [3.8, 4) is 11.4 Å². The lowest BCUT2D eigenvalue weighted by atomic mass is 10.0. The average Bonchev–Trinajstić information content (AvgIpc) is 2.71. The molecular weight excluding hydrogens is 262 g/mol. The molecule has 0 unspecified atom stereocenters. The van der Waals surface area contributed by atoms with Crippen LogP contribution in [0.5, 0.6) is 0 Å². The monoisotopic (exact) mass is 280 g/mol. The Bertz CT molecular complexity index is 614. The second-order valence-corrected chi connectivity index (χ2v) is 5.57. The first-order chi connectivity index (χ1) is 9.26. The molecule has 0 saturated heterocycles. The van der Waals surface area contributed by atoms with Crippen molar-refractivity contribution in [1.29, 1.82) is 0 Å². The number of nitrogens with zero attached hydrogens (tertiary/aromatic N) is 3. The van der Waals surface area contributed by atoms with Crippen LogP contribution in [0.1, 0.15) is 26.1 Å². The molecule has 2 aromatic rings. The fourth-order valence-corrected chi connectivity index (χ4v) is 1.78. The van der Waals surface area contributed by atoms with Crippen molar-refractivity contribution in [2.45, 2.75) is 39.3 Å². The number of halogens is 2. The highest BCUT2D eigenvalue weighted by molar-refractivity contribution is 5.54. The van der Waals surface area contributed by atoms with Crippen LogP contribution in [0.2, 0.25) is 0 Å². The number of rotatable bonds is 4. The molecule has 0 aliphatic rings. The smallest absolute Gasteiger partial charge is 0.181 e. The van der Waals surface area contributed by atoms with Crippen LogP contribution in [0.15, 0.2) is 18.2 Å². The minimum Gasteiger partial charge on any atom is -0.325 e. The summed E-state index contributed by atoms with van der Waals surface area (Å²) in [5.74, 6) is -0.681. The van der Waals surface area contributed by atoms with Crippen molar-refractivity contribution >= 4 is 0 Å². The third-order valence-electron chi connectivity index (χ3n) is 3.00. The van der Waals surface area contributed by atoms with Crippen molar-refractivity contribution in [1.82, 2.24) is 14.8 Å². The van der Waals surface area contributed by atoms with Gasteiger partial charge < -0.3 is 5.73 Å². The molecule has 0 fully saturated rings. The quantitative estimate of drug-likeness (QED) is 0.936. The molecule has 108 valence electrons. The fraction of sp³-hybridized carbons (Fsp3) is 0.429. The SMILES string of the molecule is Cc1nc(-c2ccc(F)c(F)c2)nn1CCC(C)(C)N. The van der Waals surface area contributed by atoms with E-state index in [-0.39, 0.29) is 5.54 Å². The predicted molar refractivity (Wildman–Crippen MR) is 73.0 cm³/mol. The van der Waals surface area contributed by atoms with E-state index in [1.54, 1.807) is 4.68 Å². The van der Waals surface area contributed by atoms with Gasteiger partial charge in [0.15, 0.2) is 17.5 Å². The summed E-state index contributed by atoms with van der Waals surface area (Å²) in [5.41, 5.74) is 6.10. The largest absolute Gasteiger partial charge is 0.325 e. The van der Waals surface area contributed by atoms with E-state index in [1.807, 2.05) is 20.8 Å². The van der Waals surface area contributed by atoms with Crippen LogP contribution in [0, 0.1) is 18.6 Å². The van der Waals surface area contributed by atoms with E-state index in [2.05, 4.69) is 10.1 Å². The molecule has 6 heteroatoms. The maximum Gasteiger partial charge on any atom is 0.181 e. The van der Waals surface area contributed by atoms with Crippen LogP contribution in [0.3, 0.4) is 0 Å². The molecule has 0 saturated carbocycles. The maximum absolute atomic E-state index is 13.2. The number of aromatic nitrogens is 3. The van der Waals surface area contributed by atoms with Crippen LogP contribution in [0.25, 0.3) is 11.4 Å². The van der Waals surface area contributed by atoms with Gasteiger partial charge in [-0.15, -0.1) is 0 Å². The first-order valence-corrected chi connectivity index (χ1v) is 6.42. The zero-order valence-electron chi connectivity index (χ0n) is 11.8. The number of hydrogen-bond donors (Lipinski definition) is 1. The Morgan fingerprint density at radius 1 is 1.25 bits per heavy atom. The summed E-state index contributed by atoms with van der Waals surface area (Å²) in [6.45, 7) is 6.33. The van der Waals surface area contributed by atoms with Gasteiger partial charge in [0.05, 0.1) is 0 Å². The highest BCUT2D eigenvalue weighted by Gasteiger charge is 2.14. The summed E-state index contributed by atoms with van der Waals surface area (Å²) in [5, 5.41) is 4.31. The lowest BCUT2D eigenvalue weighted by molar-refractivity contribution is 0.416. The summed E-state index contributed by atoms with van der Waals surface area (Å²) >= 11 is 0. The third-order valence-corrected chi connectivity index (χ3v) is 3.00. The minimum absolute atomic E-state index is 0.291. The zero-order chi connectivity index (χ0) is 14.9. The van der Waals surface area contributed by atoms with Gasteiger partial charge in [0.1, 0.15) is 5.82 Å². The molecule has 0 aliphatic heterocycles. The molecule has 2 N–H and O–H groups in total. The molecular formula is C14H18F2N4. The Morgan fingerprint density at radius 3 is 2.55 bits per heavy atom. The molecule has 0 atom stereocenters. The fourth-order valence-electron chi connectivity index (χ4n) is 1.78. The normalized spacial score (nSPS) is 11.9. The van der Waals surface area contributed by atoms with Crippen LogP contribution in [-0.2, 0) is 6.54 Å². The van der Waals surface area contributed by atoms with Crippen molar-refractivity contribution in [3.63, 3.8) is 0 Å². The lowest BCUT2D eigenvalue weighted by Crippen LogP contribution is -2.33. The Hall–Kier alpha value is -1.82. The Kier molecular flexibility index (Phi) is 3.85. The van der Waals surface area contributed by atoms with E-state index in [4.69, 9.17) is 5.73 Å². The highest BCUT2D eigenvalue weighted by Crippen LogP contribution is 2.19. The first kappa shape index (κ1) is 14.6. The van der Waals surface area contributed by atoms with Crippen molar-refractivity contribution in [2.75, 3.05) is 0 Å². The Labute approximate surface area is 116 Å². The number of nitrogens with two attached hydrogens (primary N) is 1. The van der Waals surface area contributed by atoms with E-state index < -0.39 is 11.6 Å². The van der Waals surface area contributed by atoms with E-state index in [9.17, 15) is 8.78 Å². The summed E-state index contributed by atoms with van der Waals surface area (Å²) in [4.78, 5) is 4.27. The molecule has 4 nitrogen and oxygen atoms in total. The van der Waals surface area contributed by atoms with Crippen LogP contribution in [-0.4, -0.2) is 20.3 Å². The lowest BCUT2D eigenvalue weighted by Gasteiger charge is -2.17. The van der Waals surface area contributed by atoms with Gasteiger partial charge in [0, 0.05) is 17.6 Å². The van der Waals surface area contributed by atoms with Gasteiger partial charge in [-0.05, 0) is 45.4 Å². The molecule has 0 radical (unpaired) electrons. The van der Waals surface area contributed by atoms with E-state index in [1.165, 1.54) is 6.07 Å². The van der Waals surface area contributed by atoms with Gasteiger partial charge >= 0.3 is 0 Å². The van der Waals surface area contributed by atoms with Gasteiger partial charge in [-0.25, -0.2) is 18.4 Å². The van der Waals surface area contributed by atoms with Gasteiger partial charge in [-0.2, -0.15) is 5.10 Å². The molecule has 1 aromatic heterocycles. The summed E-state index contributed by atoms with van der Waals surface area (Å²) in [6.07, 6.45) is 0.744. The summed E-state index contributed by atoms with van der Waals surface area (Å²) in [7, 11) is 0. The molecule has 0 bridgehead atoms. The molecule has 0 spiro atoms. The van der Waals surface area contributed by atoms with Crippen molar-refractivity contribution in [3.05, 3.63) is 35.7 Å². The second kappa shape index (κ2) is 5.28. The second-order valence-electron chi connectivity index (χ2n) is 5.57. The van der Waals surface area contributed by atoms with Crippen LogP contribution in [0.4, 0.5) is 8.78 Å². The number of hydrogen-bond acceptors (Lipinski definition) is 3. The summed E-state index contributed by atoms with van der Waals surface area (Å²) in [6, 6.07) is 3.63. The first-order valence-electron chi connectivity index (χ1n) is 6.42. The third kappa shape index (κ3) is 3.39. The molecule has 0 aliphatic carbocycles. The highest BCUT2D eigenvalue weighted by atomic mass is 19.2. The van der Waals surface area contributed by atoms with Gasteiger partial charge in [0.25, 0.3) is 0 Å². The standard InChI is InChI=1S/C14H18F2N4/c1-9-18-13(10-4-5-11(15)12(16)8-10)19-20(9)7-6-14(2,3)17/h4-5,8H,6-7,17H2,1-3H3. The molecule has 20 heavy (non-hydrogen) atoms. The maximum atomic E-state index is 13.2. The van der Waals surface area contributed by atoms with Crippen molar-refractivity contribution < 1.29 is 8.78 Å². The van der Waals surface area contributed by atoms with Gasteiger partial charge in [-0.1, -0.05) is 0 Å². The van der Waals surface area contributed by atoms with E-state index in [0.717, 1.165) is 18.6 Å². The van der Waals surface area contributed by atoms with Gasteiger partial charge in [-0.3, -0.25) is 0 Å². The zero-order valence-corrected chi connectivity index (χ0v) is 11.8. The van der Waals surface area contributed by atoms with Crippen LogP contribution >= 0.6 is 0 Å². The van der Waals surface area contributed by atoms with Crippen LogP contribution < -0.4 is 5.73 Å². The Balaban J connectivity index is 2.24. The molecule has 1 heterocycles. The topological polar surface area (TPSA) is 56.7 Å². The average molecular weight is 280 g/mol. The minimum atomic E-state index is -0.903. The molecule has 2 rings (SSSR count). The Morgan fingerprint density at radius 2 is 1.95 bits per heavy atom.